The molecule has 246 valence electrons. The molecular weight excluding hydrogens is 647 g/mol. The summed E-state index contributed by atoms with van der Waals surface area (Å²) in [5, 5.41) is 9.50. The molecule has 2 aliphatic carbocycles. The molecule has 0 N–H and O–H groups in total. The third kappa shape index (κ3) is 3.29. The molecule has 4 nitrogen and oxygen atoms in total. The molecule has 0 amide bonds. The lowest BCUT2D eigenvalue weighted by Crippen LogP contribution is -2.14. The Morgan fingerprint density at radius 1 is 0.491 bits per heavy atom. The van der Waals surface area contributed by atoms with Crippen LogP contribution in [0.2, 0.25) is 0 Å². The molecule has 0 atom stereocenters. The first-order chi connectivity index (χ1) is 26.1. The van der Waals surface area contributed by atoms with Crippen LogP contribution in [0.4, 0.5) is 0 Å². The second-order valence-electron chi connectivity index (χ2n) is 15.3. The van der Waals surface area contributed by atoms with Crippen LogP contribution in [0, 0.1) is 0 Å². The zero-order chi connectivity index (χ0) is 34.7. The first-order valence-corrected chi connectivity index (χ1v) is 18.3. The summed E-state index contributed by atoms with van der Waals surface area (Å²) in [6, 6.07) is 50.5. The van der Waals surface area contributed by atoms with Crippen LogP contribution < -0.4 is 0 Å². The van der Waals surface area contributed by atoms with Crippen molar-refractivity contribution < 1.29 is 4.42 Å². The molecule has 2 aliphatic rings. The van der Waals surface area contributed by atoms with E-state index in [0.29, 0.717) is 0 Å². The minimum Gasteiger partial charge on any atom is -0.456 e. The predicted octanol–water partition coefficient (Wildman–Crippen LogP) is 12.9. The molecule has 0 saturated carbocycles. The molecule has 0 aliphatic heterocycles. The Hall–Kier alpha value is -6.78. The van der Waals surface area contributed by atoms with Crippen LogP contribution in [0.5, 0.6) is 0 Å². The van der Waals surface area contributed by atoms with E-state index in [-0.39, 0.29) is 5.41 Å². The zero-order valence-electron chi connectivity index (χ0n) is 29.0. The van der Waals surface area contributed by atoms with Gasteiger partial charge in [-0.3, -0.25) is 4.57 Å². The number of hydrogen-bond acceptors (Lipinski definition) is 3. The molecule has 0 radical (unpaired) electrons. The van der Waals surface area contributed by atoms with Crippen molar-refractivity contribution in [3.63, 3.8) is 0 Å². The van der Waals surface area contributed by atoms with Crippen LogP contribution in [-0.4, -0.2) is 14.5 Å². The monoisotopic (exact) mass is 675 g/mol. The Morgan fingerprint density at radius 3 is 2.08 bits per heavy atom. The van der Waals surface area contributed by atoms with Gasteiger partial charge in [-0.25, -0.2) is 9.97 Å². The fraction of sp³-hybridized carbons (Fsp3) is 0.0612. The SMILES string of the molecule is CC1(C)c2ccccc2-c2c(-c3nc4ccc5ccccc5c4nc3-n3c4ccc5cccc6c5c4c4c5c(ccc43)oc3cccc-6c35)cccc21. The summed E-state index contributed by atoms with van der Waals surface area (Å²) in [7, 11) is 0. The van der Waals surface area contributed by atoms with E-state index >= 15 is 0 Å². The van der Waals surface area contributed by atoms with Crippen LogP contribution in [0.1, 0.15) is 25.0 Å². The highest BCUT2D eigenvalue weighted by Gasteiger charge is 2.38. The molecule has 11 aromatic rings. The molecular formula is C49H29N3O. The Balaban J connectivity index is 1.26. The van der Waals surface area contributed by atoms with Gasteiger partial charge in [-0.1, -0.05) is 123 Å². The Morgan fingerprint density at radius 2 is 1.15 bits per heavy atom. The van der Waals surface area contributed by atoms with Gasteiger partial charge in [0.05, 0.1) is 22.1 Å². The normalized spacial score (nSPS) is 14.0. The Bertz CT molecular complexity index is 3490. The highest BCUT2D eigenvalue weighted by molar-refractivity contribution is 6.38. The van der Waals surface area contributed by atoms with E-state index in [2.05, 4.69) is 158 Å². The first-order valence-electron chi connectivity index (χ1n) is 18.3. The van der Waals surface area contributed by atoms with Crippen LogP contribution in [0.15, 0.2) is 144 Å². The summed E-state index contributed by atoms with van der Waals surface area (Å²) in [6.45, 7) is 4.67. The largest absolute Gasteiger partial charge is 0.456 e. The Kier molecular flexibility index (Phi) is 4.92. The van der Waals surface area contributed by atoms with Crippen molar-refractivity contribution in [1.82, 2.24) is 14.5 Å². The van der Waals surface area contributed by atoms with E-state index in [4.69, 9.17) is 14.4 Å². The smallest absolute Gasteiger partial charge is 0.165 e. The molecule has 0 bridgehead atoms. The average molecular weight is 676 g/mol. The van der Waals surface area contributed by atoms with Gasteiger partial charge in [-0.2, -0.15) is 0 Å². The summed E-state index contributed by atoms with van der Waals surface area (Å²) in [4.78, 5) is 11.4. The van der Waals surface area contributed by atoms with Gasteiger partial charge in [0, 0.05) is 37.9 Å². The second kappa shape index (κ2) is 9.36. The van der Waals surface area contributed by atoms with Crippen molar-refractivity contribution in [3.8, 4) is 39.3 Å². The van der Waals surface area contributed by atoms with Gasteiger partial charge in [0.1, 0.15) is 16.9 Å². The van der Waals surface area contributed by atoms with E-state index in [1.54, 1.807) is 0 Å². The summed E-state index contributed by atoms with van der Waals surface area (Å²) in [6.07, 6.45) is 0. The van der Waals surface area contributed by atoms with E-state index < -0.39 is 0 Å². The summed E-state index contributed by atoms with van der Waals surface area (Å²) in [5.41, 5.74) is 15.2. The lowest BCUT2D eigenvalue weighted by atomic mass is 9.82. The average Bonchev–Trinajstić information content (AvgIpc) is 3.79. The highest BCUT2D eigenvalue weighted by atomic mass is 16.3. The van der Waals surface area contributed by atoms with Crippen molar-refractivity contribution in [1.29, 1.82) is 0 Å². The predicted molar refractivity (Wildman–Crippen MR) is 218 cm³/mol. The van der Waals surface area contributed by atoms with Gasteiger partial charge in [0.2, 0.25) is 0 Å². The van der Waals surface area contributed by atoms with E-state index in [1.807, 2.05) is 0 Å². The van der Waals surface area contributed by atoms with Gasteiger partial charge in [0.25, 0.3) is 0 Å². The number of aromatic nitrogens is 3. The second-order valence-corrected chi connectivity index (χ2v) is 15.3. The molecule has 3 aromatic heterocycles. The summed E-state index contributed by atoms with van der Waals surface area (Å²) >= 11 is 0. The van der Waals surface area contributed by atoms with Crippen LogP contribution in [0.3, 0.4) is 0 Å². The number of benzene rings is 8. The molecule has 53 heavy (non-hydrogen) atoms. The van der Waals surface area contributed by atoms with Gasteiger partial charge < -0.3 is 4.42 Å². The van der Waals surface area contributed by atoms with Crippen molar-refractivity contribution >= 4 is 76.3 Å². The van der Waals surface area contributed by atoms with Crippen molar-refractivity contribution in [2.75, 3.05) is 0 Å². The number of nitrogens with zero attached hydrogens (tertiary/aromatic N) is 3. The molecule has 0 fully saturated rings. The Labute approximate surface area is 303 Å². The lowest BCUT2D eigenvalue weighted by Gasteiger charge is -2.22. The molecule has 3 heterocycles. The van der Waals surface area contributed by atoms with Gasteiger partial charge in [-0.15, -0.1) is 0 Å². The lowest BCUT2D eigenvalue weighted by molar-refractivity contribution is 0.660. The highest BCUT2D eigenvalue weighted by Crippen LogP contribution is 2.54. The van der Waals surface area contributed by atoms with Crippen LogP contribution >= 0.6 is 0 Å². The summed E-state index contributed by atoms with van der Waals surface area (Å²) < 4.78 is 8.99. The van der Waals surface area contributed by atoms with E-state index in [9.17, 15) is 0 Å². The number of fused-ring (bicyclic) bond motifs is 7. The molecule has 0 spiro atoms. The quantitative estimate of drug-likeness (QED) is 0.171. The fourth-order valence-corrected chi connectivity index (χ4v) is 10.0. The molecule has 8 aromatic carbocycles. The molecule has 13 rings (SSSR count). The van der Waals surface area contributed by atoms with Gasteiger partial charge in [0.15, 0.2) is 5.82 Å². The van der Waals surface area contributed by atoms with Gasteiger partial charge >= 0.3 is 0 Å². The van der Waals surface area contributed by atoms with Crippen molar-refractivity contribution in [2.45, 2.75) is 19.3 Å². The maximum atomic E-state index is 6.60. The number of hydrogen-bond donors (Lipinski definition) is 0. The van der Waals surface area contributed by atoms with Crippen molar-refractivity contribution in [3.05, 3.63) is 151 Å². The number of furan rings is 1. The van der Waals surface area contributed by atoms with E-state index in [0.717, 1.165) is 66.5 Å². The van der Waals surface area contributed by atoms with Crippen LogP contribution in [0.25, 0.3) is 116 Å². The minimum atomic E-state index is -0.145. The van der Waals surface area contributed by atoms with E-state index in [1.165, 1.54) is 60.3 Å². The first kappa shape index (κ1) is 27.9. The maximum Gasteiger partial charge on any atom is 0.165 e. The molecule has 0 unspecified atom stereocenters. The molecule has 0 saturated heterocycles. The summed E-state index contributed by atoms with van der Waals surface area (Å²) in [5.74, 6) is 0.828. The van der Waals surface area contributed by atoms with Gasteiger partial charge in [-0.05, 0) is 79.9 Å². The number of rotatable bonds is 2. The third-order valence-corrected chi connectivity index (χ3v) is 12.3. The van der Waals surface area contributed by atoms with Crippen molar-refractivity contribution in [2.24, 2.45) is 0 Å². The fourth-order valence-electron chi connectivity index (χ4n) is 10.0. The maximum absolute atomic E-state index is 6.60. The zero-order valence-corrected chi connectivity index (χ0v) is 29.0. The van der Waals surface area contributed by atoms with Crippen LogP contribution in [-0.2, 0) is 5.41 Å². The topological polar surface area (TPSA) is 43.9 Å². The molecule has 4 heteroatoms. The minimum absolute atomic E-state index is 0.145. The third-order valence-electron chi connectivity index (χ3n) is 12.3. The standard InChI is InChI=1S/C49H29N3O/c1-49(2)33-17-6-5-13-31(33)41-32(16-8-18-34(41)49)47-48(51-46-28-12-4-3-10-26(28)20-22-35(46)50-47)52-36-23-21-27-11-7-14-29-30-15-9-19-38-42(30)45-39(53-38)25-24-37(52)44(45)43(36)40(27)29/h3-25H,1-2H3.